The van der Waals surface area contributed by atoms with Crippen LogP contribution in [-0.2, 0) is 16.1 Å². The predicted octanol–water partition coefficient (Wildman–Crippen LogP) is 2.95. The third-order valence-electron chi connectivity index (χ3n) is 3.73. The van der Waals surface area contributed by atoms with Gasteiger partial charge >= 0.3 is 5.97 Å². The third-order valence-corrected chi connectivity index (χ3v) is 3.73. The fraction of sp³-hybridized carbons (Fsp3) is 0.300. The number of amides is 2. The molecule has 1 aliphatic heterocycles. The minimum atomic E-state index is -0.687. The first-order chi connectivity index (χ1) is 12.7. The second-order valence-electron chi connectivity index (χ2n) is 7.10. The van der Waals surface area contributed by atoms with Crippen molar-refractivity contribution < 1.29 is 24.0 Å². The number of hydrogen-bond acceptors (Lipinski definition) is 6. The first-order valence-corrected chi connectivity index (χ1v) is 8.58. The van der Waals surface area contributed by atoms with E-state index in [0.29, 0.717) is 23.1 Å². The van der Waals surface area contributed by atoms with Crippen LogP contribution in [0, 0.1) is 0 Å². The van der Waals surface area contributed by atoms with Gasteiger partial charge in [-0.1, -0.05) is 23.3 Å². The molecule has 0 N–H and O–H groups in total. The quantitative estimate of drug-likeness (QED) is 0.754. The highest BCUT2D eigenvalue weighted by Gasteiger charge is 2.38. The number of ether oxygens (including phenoxy) is 1. The zero-order valence-electron chi connectivity index (χ0n) is 15.4. The molecule has 27 heavy (non-hydrogen) atoms. The van der Waals surface area contributed by atoms with Gasteiger partial charge < -0.3 is 9.57 Å². The summed E-state index contributed by atoms with van der Waals surface area (Å²) in [5.74, 6) is -1.49. The summed E-state index contributed by atoms with van der Waals surface area (Å²) in [5, 5.41) is 0.513. The molecule has 0 saturated heterocycles. The van der Waals surface area contributed by atoms with Crippen LogP contribution >= 0.6 is 0 Å². The van der Waals surface area contributed by atoms with Crippen molar-refractivity contribution in [3.05, 3.63) is 59.3 Å². The molecule has 7 heteroatoms. The minimum Gasteiger partial charge on any atom is -0.472 e. The molecule has 1 aromatic heterocycles. The largest absolute Gasteiger partial charge is 0.472 e. The van der Waals surface area contributed by atoms with Gasteiger partial charge in [-0.25, -0.2) is 9.78 Å². The van der Waals surface area contributed by atoms with Crippen LogP contribution in [0.1, 0.15) is 53.6 Å². The number of hydroxylamine groups is 2. The summed E-state index contributed by atoms with van der Waals surface area (Å²) in [6, 6.07) is 11.6. The summed E-state index contributed by atoms with van der Waals surface area (Å²) in [7, 11) is 0. The number of carbonyl (C=O) groups is 3. The molecule has 0 fully saturated rings. The van der Waals surface area contributed by atoms with E-state index in [1.54, 1.807) is 30.3 Å². The number of pyridine rings is 1. The second-order valence-corrected chi connectivity index (χ2v) is 7.10. The number of nitrogens with zero attached hydrogens (tertiary/aromatic N) is 2. The second kappa shape index (κ2) is 7.19. The number of benzene rings is 1. The maximum Gasteiger partial charge on any atom is 0.333 e. The molecule has 2 amide bonds. The highest BCUT2D eigenvalue weighted by Crippen LogP contribution is 2.23. The van der Waals surface area contributed by atoms with Crippen LogP contribution in [0.4, 0.5) is 0 Å². The highest BCUT2D eigenvalue weighted by atomic mass is 16.7. The van der Waals surface area contributed by atoms with Gasteiger partial charge in [0.25, 0.3) is 11.8 Å². The van der Waals surface area contributed by atoms with Gasteiger partial charge in [0.2, 0.25) is 5.88 Å². The van der Waals surface area contributed by atoms with Crippen molar-refractivity contribution in [1.82, 2.24) is 10.0 Å². The average Bonchev–Trinajstić information content (AvgIpc) is 2.84. The number of aryl methyl sites for hydroxylation is 1. The summed E-state index contributed by atoms with van der Waals surface area (Å²) < 4.78 is 5.70. The predicted molar refractivity (Wildman–Crippen MR) is 96.0 cm³/mol. The lowest BCUT2D eigenvalue weighted by molar-refractivity contribution is -0.168. The lowest BCUT2D eigenvalue weighted by Gasteiger charge is -2.20. The van der Waals surface area contributed by atoms with Crippen molar-refractivity contribution in [3.63, 3.8) is 0 Å². The monoisotopic (exact) mass is 368 g/mol. The molecule has 0 spiro atoms. The summed E-state index contributed by atoms with van der Waals surface area (Å²) >= 11 is 0. The topological polar surface area (TPSA) is 85.8 Å². The first-order valence-electron chi connectivity index (χ1n) is 8.58. The zero-order chi connectivity index (χ0) is 19.6. The summed E-state index contributed by atoms with van der Waals surface area (Å²) in [5.41, 5.74) is 0.722. The minimum absolute atomic E-state index is 0.0284. The smallest absolute Gasteiger partial charge is 0.333 e. The zero-order valence-corrected chi connectivity index (χ0v) is 15.4. The molecule has 0 saturated carbocycles. The van der Waals surface area contributed by atoms with Gasteiger partial charge in [0.15, 0.2) is 0 Å². The lowest BCUT2D eigenvalue weighted by atomic mass is 10.1. The Hall–Kier alpha value is -3.22. The van der Waals surface area contributed by atoms with Gasteiger partial charge in [0, 0.05) is 18.2 Å². The van der Waals surface area contributed by atoms with Gasteiger partial charge in [-0.05, 0) is 39.0 Å². The third kappa shape index (κ3) is 4.31. The van der Waals surface area contributed by atoms with E-state index in [2.05, 4.69) is 4.98 Å². The molecular weight excluding hydrogens is 348 g/mol. The maximum absolute atomic E-state index is 12.2. The van der Waals surface area contributed by atoms with Crippen molar-refractivity contribution in [3.8, 4) is 5.88 Å². The molecule has 2 aromatic rings. The Morgan fingerprint density at radius 2 is 1.63 bits per heavy atom. The first kappa shape index (κ1) is 18.6. The van der Waals surface area contributed by atoms with Crippen LogP contribution in [0.25, 0.3) is 0 Å². The standard InChI is InChI=1S/C20H20N2O5/c1-20(2,3)26-16-10-6-7-13(21-16)11-12-17(23)27-22-18(24)14-8-4-5-9-15(14)19(22)25/h4-10H,11-12H2,1-3H3. The van der Waals surface area contributed by atoms with E-state index in [4.69, 9.17) is 9.57 Å². The molecule has 0 radical (unpaired) electrons. The molecule has 7 nitrogen and oxygen atoms in total. The number of hydrogen-bond donors (Lipinski definition) is 0. The highest BCUT2D eigenvalue weighted by molar-refractivity contribution is 6.20. The normalized spacial score (nSPS) is 13.5. The van der Waals surface area contributed by atoms with E-state index in [1.165, 1.54) is 12.1 Å². The van der Waals surface area contributed by atoms with Gasteiger partial charge in [0.05, 0.1) is 17.5 Å². The molecule has 0 atom stereocenters. The Labute approximate surface area is 156 Å². The Balaban J connectivity index is 1.59. The Kier molecular flexibility index (Phi) is 4.94. The number of aromatic nitrogens is 1. The number of imide groups is 1. The number of fused-ring (bicyclic) bond motifs is 1. The maximum atomic E-state index is 12.2. The lowest BCUT2D eigenvalue weighted by Crippen LogP contribution is -2.32. The number of carbonyl (C=O) groups excluding carboxylic acids is 3. The molecule has 0 bridgehead atoms. The molecule has 0 unspecified atom stereocenters. The van der Waals surface area contributed by atoms with Crippen LogP contribution in [0.5, 0.6) is 5.88 Å². The molecule has 2 heterocycles. The fourth-order valence-electron chi connectivity index (χ4n) is 2.60. The van der Waals surface area contributed by atoms with E-state index < -0.39 is 17.8 Å². The molecular formula is C20H20N2O5. The molecule has 1 aromatic carbocycles. The Morgan fingerprint density at radius 3 is 2.22 bits per heavy atom. The van der Waals surface area contributed by atoms with E-state index in [0.717, 1.165) is 0 Å². The van der Waals surface area contributed by atoms with Gasteiger partial charge in [-0.3, -0.25) is 9.59 Å². The van der Waals surface area contributed by atoms with Gasteiger partial charge in [-0.2, -0.15) is 0 Å². The van der Waals surface area contributed by atoms with E-state index in [-0.39, 0.29) is 23.1 Å². The van der Waals surface area contributed by atoms with Gasteiger partial charge in [-0.15, -0.1) is 0 Å². The van der Waals surface area contributed by atoms with E-state index in [1.807, 2.05) is 20.8 Å². The Bertz CT molecular complexity index is 866. The van der Waals surface area contributed by atoms with Crippen LogP contribution in [-0.4, -0.2) is 33.4 Å². The van der Waals surface area contributed by atoms with Crippen molar-refractivity contribution in [2.24, 2.45) is 0 Å². The fourth-order valence-corrected chi connectivity index (χ4v) is 2.60. The summed E-state index contributed by atoms with van der Waals surface area (Å²) in [6.07, 6.45) is 0.267. The van der Waals surface area contributed by atoms with Gasteiger partial charge in [0.1, 0.15) is 5.60 Å². The molecule has 140 valence electrons. The average molecular weight is 368 g/mol. The molecule has 3 rings (SSSR count). The number of rotatable bonds is 5. The van der Waals surface area contributed by atoms with E-state index >= 15 is 0 Å². The molecule has 1 aliphatic rings. The van der Waals surface area contributed by atoms with Crippen LogP contribution in [0.15, 0.2) is 42.5 Å². The summed E-state index contributed by atoms with van der Waals surface area (Å²) in [6.45, 7) is 5.75. The van der Waals surface area contributed by atoms with Crippen LogP contribution in [0.3, 0.4) is 0 Å². The van der Waals surface area contributed by atoms with E-state index in [9.17, 15) is 14.4 Å². The van der Waals surface area contributed by atoms with Crippen molar-refractivity contribution in [2.75, 3.05) is 0 Å². The van der Waals surface area contributed by atoms with Crippen molar-refractivity contribution >= 4 is 17.8 Å². The summed E-state index contributed by atoms with van der Waals surface area (Å²) in [4.78, 5) is 45.8. The SMILES string of the molecule is CC(C)(C)Oc1cccc(CCC(=O)ON2C(=O)c3ccccc3C2=O)n1. The van der Waals surface area contributed by atoms with Crippen molar-refractivity contribution in [2.45, 2.75) is 39.2 Å². The van der Waals surface area contributed by atoms with Crippen molar-refractivity contribution in [1.29, 1.82) is 0 Å². The molecule has 0 aliphatic carbocycles. The Morgan fingerprint density at radius 1 is 1.00 bits per heavy atom. The van der Waals surface area contributed by atoms with Crippen LogP contribution < -0.4 is 4.74 Å². The van der Waals surface area contributed by atoms with Crippen LogP contribution in [0.2, 0.25) is 0 Å².